The van der Waals surface area contributed by atoms with E-state index in [4.69, 9.17) is 5.11 Å². The van der Waals surface area contributed by atoms with Crippen molar-refractivity contribution in [3.8, 4) is 0 Å². The van der Waals surface area contributed by atoms with Gasteiger partial charge in [-0.15, -0.1) is 10.1 Å². The molecule has 1 rings (SSSR count). The van der Waals surface area contributed by atoms with E-state index < -0.39 is 17.0 Å². The lowest BCUT2D eigenvalue weighted by Gasteiger charge is -1.96. The maximum Gasteiger partial charge on any atom is 0.297 e. The molecule has 58 valence electrons. The van der Waals surface area contributed by atoms with Gasteiger partial charge in [0.25, 0.3) is 5.09 Å². The third kappa shape index (κ3) is 1.17. The zero-order chi connectivity index (χ0) is 7.78. The predicted octanol–water partition coefficient (Wildman–Crippen LogP) is -0.698. The Hall–Kier alpha value is -0.880. The van der Waals surface area contributed by atoms with E-state index in [-0.39, 0.29) is 6.61 Å². The molecule has 0 bridgehead atoms. The van der Waals surface area contributed by atoms with E-state index in [9.17, 15) is 10.1 Å². The minimum atomic E-state index is -0.939. The van der Waals surface area contributed by atoms with Gasteiger partial charge in [0, 0.05) is 0 Å². The Balaban J connectivity index is 2.31. The number of hydrogen-bond acceptors (Lipinski definition) is 5. The summed E-state index contributed by atoms with van der Waals surface area (Å²) in [6.07, 6.45) is -0.896. The van der Waals surface area contributed by atoms with Crippen LogP contribution in [0.3, 0.4) is 0 Å². The van der Waals surface area contributed by atoms with Crippen LogP contribution in [0.1, 0.15) is 6.92 Å². The second-order valence-corrected chi connectivity index (χ2v) is 2.25. The molecule has 2 atom stereocenters. The normalized spacial score (nSPS) is 37.2. The van der Waals surface area contributed by atoms with Gasteiger partial charge < -0.3 is 9.84 Å². The summed E-state index contributed by atoms with van der Waals surface area (Å²) in [4.78, 5) is 13.7. The van der Waals surface area contributed by atoms with E-state index in [2.05, 4.69) is 9.57 Å². The Morgan fingerprint density at radius 3 is 2.90 bits per heavy atom. The van der Waals surface area contributed by atoms with Crippen molar-refractivity contribution in [2.75, 3.05) is 6.61 Å². The number of aliphatic hydroxyl groups excluding tert-OH is 1. The van der Waals surface area contributed by atoms with E-state index in [0.717, 1.165) is 0 Å². The van der Waals surface area contributed by atoms with Crippen LogP contribution in [-0.4, -0.2) is 28.7 Å². The molecule has 0 aromatic rings. The second kappa shape index (κ2) is 2.06. The molecule has 0 spiro atoms. The van der Waals surface area contributed by atoms with Gasteiger partial charge in [-0.05, 0) is 6.92 Å². The molecule has 0 saturated carbocycles. The van der Waals surface area contributed by atoms with Crippen LogP contribution in [0.5, 0.6) is 0 Å². The SMILES string of the molecule is C[C@]1(CO)OC1O[N+](=O)[O-]. The highest BCUT2D eigenvalue weighted by Crippen LogP contribution is 2.35. The summed E-state index contributed by atoms with van der Waals surface area (Å²) in [5.74, 6) is 0. The summed E-state index contributed by atoms with van der Waals surface area (Å²) in [5, 5.41) is 17.3. The van der Waals surface area contributed by atoms with Gasteiger partial charge in [0.1, 0.15) is 5.60 Å². The molecule has 1 fully saturated rings. The van der Waals surface area contributed by atoms with E-state index in [1.807, 2.05) is 0 Å². The average Bonchev–Trinajstić information content (AvgIpc) is 2.43. The molecule has 0 amide bonds. The van der Waals surface area contributed by atoms with Gasteiger partial charge >= 0.3 is 0 Å². The van der Waals surface area contributed by atoms with Crippen molar-refractivity contribution in [1.82, 2.24) is 0 Å². The van der Waals surface area contributed by atoms with E-state index in [1.165, 1.54) is 6.92 Å². The van der Waals surface area contributed by atoms with Gasteiger partial charge in [-0.2, -0.15) is 0 Å². The number of nitrogens with zero attached hydrogens (tertiary/aromatic N) is 1. The molecule has 1 N–H and O–H groups in total. The lowest BCUT2D eigenvalue weighted by atomic mass is 10.2. The standard InChI is InChI=1S/C4H7NO5/c1-4(2-6)3(9-4)10-5(7)8/h3,6H,2H2,1H3/t3?,4-/m1/s1. The van der Waals surface area contributed by atoms with Crippen molar-refractivity contribution in [3.63, 3.8) is 0 Å². The molecule has 1 unspecified atom stereocenters. The molecular weight excluding hydrogens is 142 g/mol. The molecule has 6 nitrogen and oxygen atoms in total. The van der Waals surface area contributed by atoms with Crippen molar-refractivity contribution in [2.45, 2.75) is 18.8 Å². The van der Waals surface area contributed by atoms with Gasteiger partial charge in [0.15, 0.2) is 0 Å². The minimum Gasteiger partial charge on any atom is -0.393 e. The Morgan fingerprint density at radius 1 is 2.00 bits per heavy atom. The fourth-order valence-electron chi connectivity index (χ4n) is 0.533. The van der Waals surface area contributed by atoms with Crippen molar-refractivity contribution in [1.29, 1.82) is 0 Å². The van der Waals surface area contributed by atoms with Crippen LogP contribution in [0.25, 0.3) is 0 Å². The van der Waals surface area contributed by atoms with Crippen LogP contribution in [-0.2, 0) is 9.57 Å². The molecule has 1 aliphatic rings. The fraction of sp³-hybridized carbons (Fsp3) is 1.00. The first-order valence-electron chi connectivity index (χ1n) is 2.68. The fourth-order valence-corrected chi connectivity index (χ4v) is 0.533. The highest BCUT2D eigenvalue weighted by molar-refractivity contribution is 4.91. The Labute approximate surface area is 56.5 Å². The first-order chi connectivity index (χ1) is 4.58. The molecule has 6 heteroatoms. The van der Waals surface area contributed by atoms with Gasteiger partial charge in [-0.1, -0.05) is 0 Å². The quantitative estimate of drug-likeness (QED) is 0.326. The molecule has 0 aromatic heterocycles. The lowest BCUT2D eigenvalue weighted by molar-refractivity contribution is -0.767. The zero-order valence-corrected chi connectivity index (χ0v) is 5.31. The number of epoxide rings is 1. The van der Waals surface area contributed by atoms with Gasteiger partial charge in [0.05, 0.1) is 6.61 Å². The molecular formula is C4H7NO5. The minimum absolute atomic E-state index is 0.272. The summed E-state index contributed by atoms with van der Waals surface area (Å²) in [6, 6.07) is 0. The van der Waals surface area contributed by atoms with E-state index >= 15 is 0 Å². The third-order valence-electron chi connectivity index (χ3n) is 1.31. The summed E-state index contributed by atoms with van der Waals surface area (Å²) < 4.78 is 4.65. The summed E-state index contributed by atoms with van der Waals surface area (Å²) >= 11 is 0. The van der Waals surface area contributed by atoms with E-state index in [0.29, 0.717) is 0 Å². The molecule has 0 radical (unpaired) electrons. The van der Waals surface area contributed by atoms with Crippen LogP contribution in [0.4, 0.5) is 0 Å². The Kier molecular flexibility index (Phi) is 1.49. The third-order valence-corrected chi connectivity index (χ3v) is 1.31. The predicted molar refractivity (Wildman–Crippen MR) is 28.4 cm³/mol. The van der Waals surface area contributed by atoms with E-state index in [1.54, 1.807) is 0 Å². The molecule has 10 heavy (non-hydrogen) atoms. The second-order valence-electron chi connectivity index (χ2n) is 2.25. The van der Waals surface area contributed by atoms with Gasteiger partial charge in [-0.25, -0.2) is 0 Å². The van der Waals surface area contributed by atoms with Crippen molar-refractivity contribution < 1.29 is 19.8 Å². The average molecular weight is 149 g/mol. The molecule has 1 heterocycles. The van der Waals surface area contributed by atoms with Crippen molar-refractivity contribution >= 4 is 0 Å². The lowest BCUT2D eigenvalue weighted by Crippen LogP contribution is -2.18. The largest absolute Gasteiger partial charge is 0.393 e. The molecule has 1 saturated heterocycles. The van der Waals surface area contributed by atoms with Crippen LogP contribution < -0.4 is 0 Å². The van der Waals surface area contributed by atoms with Crippen LogP contribution in [0.2, 0.25) is 0 Å². The van der Waals surface area contributed by atoms with Crippen LogP contribution >= 0.6 is 0 Å². The molecule has 0 aromatic carbocycles. The molecule has 1 aliphatic heterocycles. The van der Waals surface area contributed by atoms with Crippen molar-refractivity contribution in [3.05, 3.63) is 10.1 Å². The summed E-state index contributed by atoms with van der Waals surface area (Å²) in [6.45, 7) is 1.26. The summed E-state index contributed by atoms with van der Waals surface area (Å²) in [5.41, 5.74) is -0.868. The zero-order valence-electron chi connectivity index (χ0n) is 5.31. The van der Waals surface area contributed by atoms with Gasteiger partial charge in [-0.3, -0.25) is 4.84 Å². The number of ether oxygens (including phenoxy) is 1. The smallest absolute Gasteiger partial charge is 0.297 e. The van der Waals surface area contributed by atoms with Gasteiger partial charge in [0.2, 0.25) is 6.29 Å². The highest BCUT2D eigenvalue weighted by atomic mass is 17.0. The maximum atomic E-state index is 9.68. The summed E-state index contributed by atoms with van der Waals surface area (Å²) in [7, 11) is 0. The number of aliphatic hydroxyl groups is 1. The number of rotatable bonds is 3. The monoisotopic (exact) mass is 149 g/mol. The highest BCUT2D eigenvalue weighted by Gasteiger charge is 2.55. The molecule has 0 aliphatic carbocycles. The van der Waals surface area contributed by atoms with Crippen LogP contribution in [0, 0.1) is 10.1 Å². The topological polar surface area (TPSA) is 85.1 Å². The Morgan fingerprint density at radius 2 is 2.60 bits per heavy atom. The van der Waals surface area contributed by atoms with Crippen molar-refractivity contribution in [2.24, 2.45) is 0 Å². The maximum absolute atomic E-state index is 9.68. The number of hydrogen-bond donors (Lipinski definition) is 1. The van der Waals surface area contributed by atoms with Crippen LogP contribution in [0.15, 0.2) is 0 Å². The Bertz CT molecular complexity index is 160. The first-order valence-corrected chi connectivity index (χ1v) is 2.68. The first kappa shape index (κ1) is 7.23.